The molecule has 1 saturated carbocycles. The van der Waals surface area contributed by atoms with Crippen LogP contribution >= 0.6 is 0 Å². The number of ether oxygens (including phenoxy) is 1. The maximum absolute atomic E-state index is 5.40. The average Bonchev–Trinajstić information content (AvgIpc) is 2.30. The van der Waals surface area contributed by atoms with Crippen LogP contribution in [0.1, 0.15) is 25.7 Å². The van der Waals surface area contributed by atoms with Crippen molar-refractivity contribution in [3.05, 3.63) is 0 Å². The Morgan fingerprint density at radius 3 is 2.57 bits per heavy atom. The fourth-order valence-corrected chi connectivity index (χ4v) is 2.79. The van der Waals surface area contributed by atoms with Gasteiger partial charge < -0.3 is 10.1 Å². The predicted molar refractivity (Wildman–Crippen MR) is 57.5 cm³/mol. The Morgan fingerprint density at radius 1 is 1.14 bits per heavy atom. The van der Waals surface area contributed by atoms with Gasteiger partial charge in [-0.3, -0.25) is 4.90 Å². The maximum atomic E-state index is 5.40. The molecule has 1 saturated heterocycles. The van der Waals surface area contributed by atoms with Crippen molar-refractivity contribution in [1.82, 2.24) is 10.2 Å². The smallest absolute Gasteiger partial charge is 0.0594 e. The second-order valence-corrected chi connectivity index (χ2v) is 4.40. The minimum absolute atomic E-state index is 0.710. The third kappa shape index (κ3) is 2.27. The molecule has 0 spiro atoms. The van der Waals surface area contributed by atoms with Gasteiger partial charge in [0, 0.05) is 25.2 Å². The molecular formula is C11H22N2O. The fraction of sp³-hybridized carbons (Fsp3) is 1.00. The summed E-state index contributed by atoms with van der Waals surface area (Å²) in [7, 11) is 2.10. The molecule has 2 aliphatic rings. The summed E-state index contributed by atoms with van der Waals surface area (Å²) >= 11 is 0. The van der Waals surface area contributed by atoms with E-state index >= 15 is 0 Å². The van der Waals surface area contributed by atoms with Gasteiger partial charge in [-0.25, -0.2) is 0 Å². The van der Waals surface area contributed by atoms with E-state index in [-0.39, 0.29) is 0 Å². The van der Waals surface area contributed by atoms with E-state index in [0.29, 0.717) is 6.04 Å². The Morgan fingerprint density at radius 2 is 1.86 bits per heavy atom. The van der Waals surface area contributed by atoms with E-state index < -0.39 is 0 Å². The molecule has 0 aromatic carbocycles. The maximum Gasteiger partial charge on any atom is 0.0594 e. The number of nitrogens with one attached hydrogen (secondary N) is 1. The lowest BCUT2D eigenvalue weighted by Crippen LogP contribution is -2.54. The lowest BCUT2D eigenvalue weighted by Gasteiger charge is -2.41. The van der Waals surface area contributed by atoms with Gasteiger partial charge in [0.05, 0.1) is 13.2 Å². The highest BCUT2D eigenvalue weighted by Gasteiger charge is 2.29. The molecule has 0 unspecified atom stereocenters. The lowest BCUT2D eigenvalue weighted by molar-refractivity contribution is 0.000551. The van der Waals surface area contributed by atoms with Gasteiger partial charge >= 0.3 is 0 Å². The molecule has 0 amide bonds. The first-order valence-corrected chi connectivity index (χ1v) is 5.91. The SMILES string of the molecule is CN[C@H]1CCCC[C@@H]1N1CCOCC1. The first kappa shape index (κ1) is 10.4. The molecule has 1 heterocycles. The Bertz CT molecular complexity index is 169. The molecule has 2 fully saturated rings. The van der Waals surface area contributed by atoms with Gasteiger partial charge in [-0.2, -0.15) is 0 Å². The zero-order valence-corrected chi connectivity index (χ0v) is 9.17. The summed E-state index contributed by atoms with van der Waals surface area (Å²) in [5.74, 6) is 0. The van der Waals surface area contributed by atoms with Gasteiger partial charge in [0.2, 0.25) is 0 Å². The van der Waals surface area contributed by atoms with Crippen LogP contribution in [0.2, 0.25) is 0 Å². The van der Waals surface area contributed by atoms with Crippen molar-refractivity contribution < 1.29 is 4.74 Å². The molecule has 2 atom stereocenters. The molecule has 14 heavy (non-hydrogen) atoms. The summed E-state index contributed by atoms with van der Waals surface area (Å²) in [6.07, 6.45) is 5.51. The van der Waals surface area contributed by atoms with Gasteiger partial charge in [0.25, 0.3) is 0 Å². The number of nitrogens with zero attached hydrogens (tertiary/aromatic N) is 1. The van der Waals surface area contributed by atoms with Crippen LogP contribution in [0, 0.1) is 0 Å². The van der Waals surface area contributed by atoms with Crippen LogP contribution in [0.4, 0.5) is 0 Å². The minimum atomic E-state index is 0.710. The molecule has 1 aliphatic heterocycles. The van der Waals surface area contributed by atoms with E-state index in [1.54, 1.807) is 0 Å². The summed E-state index contributed by atoms with van der Waals surface area (Å²) in [6, 6.07) is 1.47. The summed E-state index contributed by atoms with van der Waals surface area (Å²) in [4.78, 5) is 2.61. The zero-order valence-electron chi connectivity index (χ0n) is 9.17. The molecule has 1 aliphatic carbocycles. The zero-order chi connectivity index (χ0) is 9.80. The number of likely N-dealkylation sites (N-methyl/N-ethyl adjacent to an activating group) is 1. The van der Waals surface area contributed by atoms with E-state index in [9.17, 15) is 0 Å². The Kier molecular flexibility index (Phi) is 3.79. The molecule has 82 valence electrons. The number of morpholine rings is 1. The largest absolute Gasteiger partial charge is 0.379 e. The van der Waals surface area contributed by atoms with Crippen molar-refractivity contribution in [2.75, 3.05) is 33.4 Å². The van der Waals surface area contributed by atoms with Crippen molar-refractivity contribution in [2.45, 2.75) is 37.8 Å². The van der Waals surface area contributed by atoms with Gasteiger partial charge in [-0.05, 0) is 19.9 Å². The third-order valence-corrected chi connectivity index (χ3v) is 3.61. The van der Waals surface area contributed by atoms with Gasteiger partial charge in [-0.1, -0.05) is 12.8 Å². The van der Waals surface area contributed by atoms with Crippen molar-refractivity contribution in [3.8, 4) is 0 Å². The highest BCUT2D eigenvalue weighted by atomic mass is 16.5. The normalized spacial score (nSPS) is 35.8. The second-order valence-electron chi connectivity index (χ2n) is 4.40. The van der Waals surface area contributed by atoms with Crippen molar-refractivity contribution in [1.29, 1.82) is 0 Å². The number of hydrogen-bond acceptors (Lipinski definition) is 3. The van der Waals surface area contributed by atoms with E-state index in [1.165, 1.54) is 25.7 Å². The monoisotopic (exact) mass is 198 g/mol. The van der Waals surface area contributed by atoms with Crippen LogP contribution in [0.25, 0.3) is 0 Å². The van der Waals surface area contributed by atoms with Gasteiger partial charge in [-0.15, -0.1) is 0 Å². The van der Waals surface area contributed by atoms with Crippen LogP contribution < -0.4 is 5.32 Å². The van der Waals surface area contributed by atoms with Crippen molar-refractivity contribution >= 4 is 0 Å². The quantitative estimate of drug-likeness (QED) is 0.712. The summed E-state index contributed by atoms with van der Waals surface area (Å²) in [5, 5.41) is 3.47. The van der Waals surface area contributed by atoms with Crippen LogP contribution in [0.15, 0.2) is 0 Å². The number of rotatable bonds is 2. The summed E-state index contributed by atoms with van der Waals surface area (Å²) in [6.45, 7) is 4.10. The van der Waals surface area contributed by atoms with E-state index in [1.807, 2.05) is 0 Å². The third-order valence-electron chi connectivity index (χ3n) is 3.61. The van der Waals surface area contributed by atoms with Crippen molar-refractivity contribution in [2.24, 2.45) is 0 Å². The van der Waals surface area contributed by atoms with Crippen LogP contribution in [0.5, 0.6) is 0 Å². The molecule has 0 bridgehead atoms. The van der Waals surface area contributed by atoms with E-state index in [2.05, 4.69) is 17.3 Å². The second kappa shape index (κ2) is 5.10. The van der Waals surface area contributed by atoms with Crippen molar-refractivity contribution in [3.63, 3.8) is 0 Å². The number of hydrogen-bond donors (Lipinski definition) is 1. The van der Waals surface area contributed by atoms with Gasteiger partial charge in [0.1, 0.15) is 0 Å². The van der Waals surface area contributed by atoms with Crippen LogP contribution in [-0.2, 0) is 4.74 Å². The fourth-order valence-electron chi connectivity index (χ4n) is 2.79. The van der Waals surface area contributed by atoms with E-state index in [0.717, 1.165) is 32.3 Å². The van der Waals surface area contributed by atoms with Crippen LogP contribution in [0.3, 0.4) is 0 Å². The molecule has 0 aromatic heterocycles. The van der Waals surface area contributed by atoms with E-state index in [4.69, 9.17) is 4.74 Å². The van der Waals surface area contributed by atoms with Gasteiger partial charge in [0.15, 0.2) is 0 Å². The minimum Gasteiger partial charge on any atom is -0.379 e. The molecule has 3 heteroatoms. The Balaban J connectivity index is 1.91. The van der Waals surface area contributed by atoms with Crippen LogP contribution in [-0.4, -0.2) is 50.3 Å². The first-order chi connectivity index (χ1) is 6.92. The standard InChI is InChI=1S/C11H22N2O/c1-12-10-4-2-3-5-11(10)13-6-8-14-9-7-13/h10-12H,2-9H2,1H3/t10-,11-/m0/s1. The summed E-state index contributed by atoms with van der Waals surface area (Å²) in [5.41, 5.74) is 0. The molecular weight excluding hydrogens is 176 g/mol. The molecule has 0 radical (unpaired) electrons. The topological polar surface area (TPSA) is 24.5 Å². The molecule has 0 aromatic rings. The highest BCUT2D eigenvalue weighted by molar-refractivity contribution is 4.88. The average molecular weight is 198 g/mol. The predicted octanol–water partition coefficient (Wildman–Crippen LogP) is 0.849. The lowest BCUT2D eigenvalue weighted by atomic mass is 9.89. The first-order valence-electron chi connectivity index (χ1n) is 5.91. The Labute approximate surface area is 86.8 Å². The molecule has 2 rings (SSSR count). The molecule has 1 N–H and O–H groups in total. The Hall–Kier alpha value is -0.120. The highest BCUT2D eigenvalue weighted by Crippen LogP contribution is 2.23. The summed E-state index contributed by atoms with van der Waals surface area (Å²) < 4.78 is 5.40. The molecule has 3 nitrogen and oxygen atoms in total.